The fourth-order valence-corrected chi connectivity index (χ4v) is 2.18. The molecule has 0 saturated heterocycles. The molecule has 0 aliphatic carbocycles. The lowest BCUT2D eigenvalue weighted by Gasteiger charge is -2.11. The van der Waals surface area contributed by atoms with Crippen LogP contribution in [0.4, 0.5) is 11.4 Å². The molecule has 1 rings (SSSR count). The van der Waals surface area contributed by atoms with E-state index >= 15 is 0 Å². The minimum atomic E-state index is -3.58. The third-order valence-electron chi connectivity index (χ3n) is 2.05. The smallest absolute Gasteiger partial charge is 0.299 e. The van der Waals surface area contributed by atoms with Crippen LogP contribution < -0.4 is 19.9 Å². The van der Waals surface area contributed by atoms with E-state index in [0.717, 1.165) is 0 Å². The summed E-state index contributed by atoms with van der Waals surface area (Å²) in [4.78, 5) is 0. The van der Waals surface area contributed by atoms with Gasteiger partial charge in [-0.3, -0.25) is 4.72 Å². The molecule has 0 aromatic heterocycles. The van der Waals surface area contributed by atoms with Crippen molar-refractivity contribution >= 4 is 21.6 Å². The molecule has 4 N–H and O–H groups in total. The van der Waals surface area contributed by atoms with E-state index in [4.69, 9.17) is 10.5 Å². The van der Waals surface area contributed by atoms with Crippen molar-refractivity contribution in [2.45, 2.75) is 13.3 Å². The molecular formula is C10H17N3O3S. The lowest BCUT2D eigenvalue weighted by molar-refractivity contribution is 0.415. The van der Waals surface area contributed by atoms with Crippen molar-refractivity contribution in [3.8, 4) is 5.75 Å². The van der Waals surface area contributed by atoms with E-state index in [1.54, 1.807) is 12.1 Å². The lowest BCUT2D eigenvalue weighted by atomic mass is 10.2. The van der Waals surface area contributed by atoms with Crippen LogP contribution in [0.3, 0.4) is 0 Å². The molecule has 0 unspecified atom stereocenters. The Kier molecular flexibility index (Phi) is 4.59. The van der Waals surface area contributed by atoms with Crippen LogP contribution in [0.25, 0.3) is 0 Å². The Morgan fingerprint density at radius 1 is 1.41 bits per heavy atom. The van der Waals surface area contributed by atoms with Crippen molar-refractivity contribution in [1.82, 2.24) is 4.72 Å². The molecule has 6 nitrogen and oxygen atoms in total. The Labute approximate surface area is 101 Å². The number of methoxy groups -OCH3 is 1. The van der Waals surface area contributed by atoms with Crippen molar-refractivity contribution in [1.29, 1.82) is 0 Å². The van der Waals surface area contributed by atoms with Gasteiger partial charge in [0.1, 0.15) is 5.75 Å². The largest absolute Gasteiger partial charge is 0.497 e. The zero-order valence-electron chi connectivity index (χ0n) is 9.86. The van der Waals surface area contributed by atoms with Crippen LogP contribution in [0.5, 0.6) is 5.75 Å². The van der Waals surface area contributed by atoms with Crippen molar-refractivity contribution in [3.05, 3.63) is 18.2 Å². The van der Waals surface area contributed by atoms with Gasteiger partial charge in [0, 0.05) is 12.6 Å². The van der Waals surface area contributed by atoms with Gasteiger partial charge in [0.2, 0.25) is 0 Å². The van der Waals surface area contributed by atoms with Crippen LogP contribution in [-0.4, -0.2) is 22.1 Å². The molecular weight excluding hydrogens is 242 g/mol. The van der Waals surface area contributed by atoms with Gasteiger partial charge in [-0.05, 0) is 18.6 Å². The summed E-state index contributed by atoms with van der Waals surface area (Å²) in [7, 11) is -2.08. The SMILES string of the molecule is CCCNS(=O)(=O)Nc1cc(OC)ccc1N. The normalized spacial score (nSPS) is 11.2. The summed E-state index contributed by atoms with van der Waals surface area (Å²) in [6.45, 7) is 2.25. The maximum Gasteiger partial charge on any atom is 0.299 e. The summed E-state index contributed by atoms with van der Waals surface area (Å²) >= 11 is 0. The van der Waals surface area contributed by atoms with Gasteiger partial charge < -0.3 is 10.5 Å². The summed E-state index contributed by atoms with van der Waals surface area (Å²) < 4.78 is 32.9. The standard InChI is InChI=1S/C10H17N3O3S/c1-3-6-12-17(14,15)13-10-7-8(16-2)4-5-9(10)11/h4-5,7,12-13H,3,6,11H2,1-2H3. The molecule has 0 bridgehead atoms. The van der Waals surface area contributed by atoms with E-state index in [1.807, 2.05) is 6.92 Å². The predicted molar refractivity (Wildman–Crippen MR) is 68.2 cm³/mol. The number of nitrogens with two attached hydrogens (primary N) is 1. The van der Waals surface area contributed by atoms with E-state index in [0.29, 0.717) is 30.1 Å². The quantitative estimate of drug-likeness (QED) is 0.663. The second kappa shape index (κ2) is 5.74. The van der Waals surface area contributed by atoms with Gasteiger partial charge in [-0.1, -0.05) is 6.92 Å². The van der Waals surface area contributed by atoms with Crippen LogP contribution in [0, 0.1) is 0 Å². The highest BCUT2D eigenvalue weighted by atomic mass is 32.2. The molecule has 96 valence electrons. The highest BCUT2D eigenvalue weighted by Crippen LogP contribution is 2.24. The maximum atomic E-state index is 11.6. The molecule has 1 aromatic rings. The summed E-state index contributed by atoms with van der Waals surface area (Å²) in [5.41, 5.74) is 6.31. The maximum absolute atomic E-state index is 11.6. The molecule has 0 spiro atoms. The molecule has 0 fully saturated rings. The molecule has 0 atom stereocenters. The van der Waals surface area contributed by atoms with E-state index in [9.17, 15) is 8.42 Å². The first-order valence-electron chi connectivity index (χ1n) is 5.19. The minimum Gasteiger partial charge on any atom is -0.497 e. The molecule has 0 saturated carbocycles. The van der Waals surface area contributed by atoms with Crippen molar-refractivity contribution in [2.75, 3.05) is 24.1 Å². The van der Waals surface area contributed by atoms with Crippen LogP contribution >= 0.6 is 0 Å². The fraction of sp³-hybridized carbons (Fsp3) is 0.400. The van der Waals surface area contributed by atoms with E-state index < -0.39 is 10.2 Å². The van der Waals surface area contributed by atoms with Crippen molar-refractivity contribution in [3.63, 3.8) is 0 Å². The molecule has 17 heavy (non-hydrogen) atoms. The number of hydrogen-bond acceptors (Lipinski definition) is 4. The Bertz CT molecular complexity index is 474. The first-order chi connectivity index (χ1) is 7.98. The number of anilines is 2. The van der Waals surface area contributed by atoms with Gasteiger partial charge in [-0.15, -0.1) is 0 Å². The summed E-state index contributed by atoms with van der Waals surface area (Å²) in [5, 5.41) is 0. The lowest BCUT2D eigenvalue weighted by Crippen LogP contribution is -2.30. The monoisotopic (exact) mass is 259 g/mol. The molecule has 0 heterocycles. The average Bonchev–Trinajstić information content (AvgIpc) is 2.29. The Hall–Kier alpha value is -1.47. The predicted octanol–water partition coefficient (Wildman–Crippen LogP) is 0.934. The fourth-order valence-electron chi connectivity index (χ4n) is 1.17. The highest BCUT2D eigenvalue weighted by Gasteiger charge is 2.11. The highest BCUT2D eigenvalue weighted by molar-refractivity contribution is 7.90. The van der Waals surface area contributed by atoms with Gasteiger partial charge in [-0.25, -0.2) is 0 Å². The van der Waals surface area contributed by atoms with Crippen molar-refractivity contribution < 1.29 is 13.2 Å². The number of benzene rings is 1. The number of hydrogen-bond donors (Lipinski definition) is 3. The second-order valence-electron chi connectivity index (χ2n) is 3.45. The first kappa shape index (κ1) is 13.6. The van der Waals surface area contributed by atoms with Crippen LogP contribution in [0.1, 0.15) is 13.3 Å². The van der Waals surface area contributed by atoms with Gasteiger partial charge in [0.25, 0.3) is 10.2 Å². The summed E-state index contributed by atoms with van der Waals surface area (Å²) in [5.74, 6) is 0.535. The van der Waals surface area contributed by atoms with Crippen LogP contribution in [-0.2, 0) is 10.2 Å². The number of rotatable bonds is 6. The third-order valence-corrected chi connectivity index (χ3v) is 3.12. The van der Waals surface area contributed by atoms with E-state index in [-0.39, 0.29) is 0 Å². The van der Waals surface area contributed by atoms with Crippen LogP contribution in [0.2, 0.25) is 0 Å². The zero-order chi connectivity index (χ0) is 12.9. The molecule has 7 heteroatoms. The number of nitrogen functional groups attached to an aromatic ring is 1. The minimum absolute atomic E-state index is 0.299. The Balaban J connectivity index is 2.87. The number of nitrogens with one attached hydrogen (secondary N) is 2. The van der Waals surface area contributed by atoms with Gasteiger partial charge in [0.05, 0.1) is 18.5 Å². The Morgan fingerprint density at radius 2 is 2.12 bits per heavy atom. The van der Waals surface area contributed by atoms with Crippen molar-refractivity contribution in [2.24, 2.45) is 0 Å². The average molecular weight is 259 g/mol. The Morgan fingerprint density at radius 3 is 2.71 bits per heavy atom. The van der Waals surface area contributed by atoms with E-state index in [2.05, 4.69) is 9.44 Å². The number of ether oxygens (including phenoxy) is 1. The topological polar surface area (TPSA) is 93.5 Å². The van der Waals surface area contributed by atoms with E-state index in [1.165, 1.54) is 13.2 Å². The molecule has 0 aliphatic heterocycles. The second-order valence-corrected chi connectivity index (χ2v) is 4.95. The van der Waals surface area contributed by atoms with Gasteiger partial charge in [-0.2, -0.15) is 13.1 Å². The van der Waals surface area contributed by atoms with Gasteiger partial charge >= 0.3 is 0 Å². The molecule has 0 amide bonds. The van der Waals surface area contributed by atoms with Crippen LogP contribution in [0.15, 0.2) is 18.2 Å². The van der Waals surface area contributed by atoms with Gasteiger partial charge in [0.15, 0.2) is 0 Å². The zero-order valence-corrected chi connectivity index (χ0v) is 10.7. The summed E-state index contributed by atoms with van der Waals surface area (Å²) in [6.07, 6.45) is 0.717. The summed E-state index contributed by atoms with van der Waals surface area (Å²) in [6, 6.07) is 4.77. The third kappa shape index (κ3) is 4.12. The molecule has 1 aromatic carbocycles. The molecule has 0 aliphatic rings. The molecule has 0 radical (unpaired) electrons. The first-order valence-corrected chi connectivity index (χ1v) is 6.67.